The number of pyridine rings is 1. The van der Waals surface area contributed by atoms with Crippen LogP contribution in [0.1, 0.15) is 0 Å². The predicted octanol–water partition coefficient (Wildman–Crippen LogP) is 12.0. The topological polar surface area (TPSA) is 26.0 Å². The molecule has 44 heavy (non-hydrogen) atoms. The zero-order valence-electron chi connectivity index (χ0n) is 23.7. The second-order valence-corrected chi connectivity index (χ2v) is 12.3. The molecule has 0 aliphatic carbocycles. The van der Waals surface area contributed by atoms with Gasteiger partial charge in [0.2, 0.25) is 0 Å². The predicted molar refractivity (Wildman–Crippen MR) is 186 cm³/mol. The molecule has 0 unspecified atom stereocenters. The molecule has 206 valence electrons. The van der Waals surface area contributed by atoms with E-state index in [-0.39, 0.29) is 0 Å². The van der Waals surface area contributed by atoms with E-state index in [1.807, 2.05) is 23.6 Å². The SMILES string of the molecule is c1cc(-c2cccc(-c3ccc4oc5cnccc5c4c3)c2)cc(-c2cccc(-c3ccc4sc5ccccc5c4c3)c2)c1. The number of fused-ring (bicyclic) bond motifs is 6. The van der Waals surface area contributed by atoms with Gasteiger partial charge in [-0.3, -0.25) is 4.98 Å². The Labute approximate surface area is 258 Å². The Morgan fingerprint density at radius 1 is 0.386 bits per heavy atom. The summed E-state index contributed by atoms with van der Waals surface area (Å²) in [5, 5.41) is 4.85. The number of rotatable bonds is 4. The number of benzene rings is 6. The van der Waals surface area contributed by atoms with Crippen molar-refractivity contribution in [2.24, 2.45) is 0 Å². The molecule has 0 aliphatic rings. The molecule has 0 atom stereocenters. The highest BCUT2D eigenvalue weighted by atomic mass is 32.1. The van der Waals surface area contributed by atoms with Crippen LogP contribution in [-0.4, -0.2) is 4.98 Å². The second kappa shape index (κ2) is 10.0. The molecule has 0 N–H and O–H groups in total. The van der Waals surface area contributed by atoms with Crippen molar-refractivity contribution in [3.63, 3.8) is 0 Å². The number of hydrogen-bond donors (Lipinski definition) is 0. The smallest absolute Gasteiger partial charge is 0.153 e. The van der Waals surface area contributed by atoms with E-state index in [2.05, 4.69) is 138 Å². The molecule has 9 aromatic rings. The molecular weight excluding hydrogens is 555 g/mol. The standard InChI is InChI=1S/C41H25NOS/c1-2-13-40-35(12-1)37-24-33(15-17-41(37)44-40)31-11-5-9-29(22-31)27-7-3-6-26(20-27)28-8-4-10-30(21-28)32-14-16-38-36(23-32)34-18-19-42-25-39(34)43-38/h1-25H. The van der Waals surface area contributed by atoms with Gasteiger partial charge in [0.15, 0.2) is 5.58 Å². The summed E-state index contributed by atoms with van der Waals surface area (Å²) in [5.41, 5.74) is 11.3. The molecule has 3 aromatic heterocycles. The van der Waals surface area contributed by atoms with Gasteiger partial charge in [-0.25, -0.2) is 0 Å². The fraction of sp³-hybridized carbons (Fsp3) is 0. The van der Waals surface area contributed by atoms with Crippen LogP contribution in [0.4, 0.5) is 0 Å². The quantitative estimate of drug-likeness (QED) is 0.207. The Bertz CT molecular complexity index is 2350. The van der Waals surface area contributed by atoms with Crippen molar-refractivity contribution in [3.8, 4) is 44.5 Å². The van der Waals surface area contributed by atoms with Crippen molar-refractivity contribution < 1.29 is 4.42 Å². The van der Waals surface area contributed by atoms with E-state index in [0.717, 1.165) is 27.5 Å². The highest BCUT2D eigenvalue weighted by Crippen LogP contribution is 2.38. The average Bonchev–Trinajstić information content (AvgIpc) is 3.66. The highest BCUT2D eigenvalue weighted by Gasteiger charge is 2.11. The van der Waals surface area contributed by atoms with E-state index in [1.165, 1.54) is 59.1 Å². The Kier molecular flexibility index (Phi) is 5.71. The van der Waals surface area contributed by atoms with Gasteiger partial charge in [-0.2, -0.15) is 0 Å². The molecular formula is C41H25NOS. The van der Waals surface area contributed by atoms with Gasteiger partial charge in [-0.15, -0.1) is 11.3 Å². The van der Waals surface area contributed by atoms with Gasteiger partial charge in [0.25, 0.3) is 0 Å². The summed E-state index contributed by atoms with van der Waals surface area (Å²) >= 11 is 1.86. The fourth-order valence-corrected chi connectivity index (χ4v) is 7.44. The van der Waals surface area contributed by atoms with E-state index in [0.29, 0.717) is 0 Å². The van der Waals surface area contributed by atoms with Gasteiger partial charge in [-0.1, -0.05) is 84.9 Å². The summed E-state index contributed by atoms with van der Waals surface area (Å²) in [5.74, 6) is 0. The van der Waals surface area contributed by atoms with Gasteiger partial charge >= 0.3 is 0 Å². The van der Waals surface area contributed by atoms with Crippen LogP contribution in [0.3, 0.4) is 0 Å². The number of hydrogen-bond acceptors (Lipinski definition) is 3. The minimum atomic E-state index is 0.815. The van der Waals surface area contributed by atoms with Crippen molar-refractivity contribution in [2.45, 2.75) is 0 Å². The first-order chi connectivity index (χ1) is 21.8. The third kappa shape index (κ3) is 4.21. The van der Waals surface area contributed by atoms with Crippen LogP contribution < -0.4 is 0 Å². The highest BCUT2D eigenvalue weighted by molar-refractivity contribution is 7.25. The van der Waals surface area contributed by atoms with Crippen LogP contribution in [0.5, 0.6) is 0 Å². The first-order valence-corrected chi connectivity index (χ1v) is 15.6. The molecule has 6 aromatic carbocycles. The Hall–Kier alpha value is -5.51. The molecule has 3 heteroatoms. The molecule has 0 amide bonds. The number of nitrogens with zero attached hydrogens (tertiary/aromatic N) is 1. The minimum Gasteiger partial charge on any atom is -0.454 e. The van der Waals surface area contributed by atoms with E-state index >= 15 is 0 Å². The lowest BCUT2D eigenvalue weighted by atomic mass is 9.94. The molecule has 3 heterocycles. The van der Waals surface area contributed by atoms with Gasteiger partial charge in [0.05, 0.1) is 6.20 Å². The normalized spacial score (nSPS) is 11.6. The lowest BCUT2D eigenvalue weighted by Gasteiger charge is -2.10. The summed E-state index contributed by atoms with van der Waals surface area (Å²) in [4.78, 5) is 4.21. The molecule has 0 fully saturated rings. The van der Waals surface area contributed by atoms with Crippen molar-refractivity contribution in [2.75, 3.05) is 0 Å². The fourth-order valence-electron chi connectivity index (χ4n) is 6.35. The molecule has 0 radical (unpaired) electrons. The van der Waals surface area contributed by atoms with Gasteiger partial charge in [0.1, 0.15) is 5.58 Å². The summed E-state index contributed by atoms with van der Waals surface area (Å²) in [6.07, 6.45) is 3.60. The Morgan fingerprint density at radius 3 is 1.59 bits per heavy atom. The molecule has 2 nitrogen and oxygen atoms in total. The van der Waals surface area contributed by atoms with Crippen LogP contribution in [0, 0.1) is 0 Å². The molecule has 0 spiro atoms. The summed E-state index contributed by atoms with van der Waals surface area (Å²) in [6.45, 7) is 0. The van der Waals surface area contributed by atoms with Gasteiger partial charge < -0.3 is 4.42 Å². The van der Waals surface area contributed by atoms with Gasteiger partial charge in [-0.05, 0) is 99.1 Å². The number of thiophene rings is 1. The molecule has 0 saturated carbocycles. The van der Waals surface area contributed by atoms with Crippen molar-refractivity contribution in [3.05, 3.63) is 152 Å². The van der Waals surface area contributed by atoms with Crippen LogP contribution in [0.25, 0.3) is 86.6 Å². The largest absolute Gasteiger partial charge is 0.454 e. The van der Waals surface area contributed by atoms with E-state index in [9.17, 15) is 0 Å². The van der Waals surface area contributed by atoms with Gasteiger partial charge in [0, 0.05) is 37.1 Å². The average molecular weight is 580 g/mol. The zero-order chi connectivity index (χ0) is 29.0. The Balaban J connectivity index is 1.07. The second-order valence-electron chi connectivity index (χ2n) is 11.2. The summed E-state index contributed by atoms with van der Waals surface area (Å²) in [6, 6.07) is 50.5. The summed E-state index contributed by atoms with van der Waals surface area (Å²) in [7, 11) is 0. The lowest BCUT2D eigenvalue weighted by Crippen LogP contribution is -1.85. The van der Waals surface area contributed by atoms with Crippen LogP contribution >= 0.6 is 11.3 Å². The maximum Gasteiger partial charge on any atom is 0.153 e. The third-order valence-corrected chi connectivity index (χ3v) is 9.72. The molecule has 9 rings (SSSR count). The monoisotopic (exact) mass is 579 g/mol. The molecule has 0 bridgehead atoms. The van der Waals surface area contributed by atoms with Crippen LogP contribution in [-0.2, 0) is 0 Å². The lowest BCUT2D eigenvalue weighted by molar-refractivity contribution is 0.667. The van der Waals surface area contributed by atoms with E-state index in [4.69, 9.17) is 4.42 Å². The minimum absolute atomic E-state index is 0.815. The molecule has 0 saturated heterocycles. The van der Waals surface area contributed by atoms with Crippen molar-refractivity contribution in [1.29, 1.82) is 0 Å². The zero-order valence-corrected chi connectivity index (χ0v) is 24.5. The van der Waals surface area contributed by atoms with Crippen molar-refractivity contribution >= 4 is 53.4 Å². The number of furan rings is 1. The van der Waals surface area contributed by atoms with Crippen LogP contribution in [0.15, 0.2) is 156 Å². The maximum absolute atomic E-state index is 6.00. The first kappa shape index (κ1) is 25.0. The third-order valence-electron chi connectivity index (χ3n) is 8.57. The number of aromatic nitrogens is 1. The first-order valence-electron chi connectivity index (χ1n) is 14.8. The maximum atomic E-state index is 6.00. The Morgan fingerprint density at radius 2 is 0.932 bits per heavy atom. The van der Waals surface area contributed by atoms with E-state index in [1.54, 1.807) is 6.20 Å². The van der Waals surface area contributed by atoms with E-state index < -0.39 is 0 Å². The van der Waals surface area contributed by atoms with Crippen LogP contribution in [0.2, 0.25) is 0 Å². The molecule has 0 aliphatic heterocycles. The summed E-state index contributed by atoms with van der Waals surface area (Å²) < 4.78 is 8.66. The van der Waals surface area contributed by atoms with Crippen molar-refractivity contribution in [1.82, 2.24) is 4.98 Å².